The van der Waals surface area contributed by atoms with Gasteiger partial charge in [-0.3, -0.25) is 9.79 Å². The largest absolute Gasteiger partial charge is 0.354 e. The van der Waals surface area contributed by atoms with Crippen LogP contribution >= 0.6 is 24.0 Å². The Morgan fingerprint density at radius 1 is 1.18 bits per heavy atom. The standard InChI is InChI=1S/C22H36N4O.HI/c1-16(2)20(27)26-13-11-19(12-14-26)25-21(23-6)24-15-17-7-9-18(10-8-17)22(3,4)5;/h7-10,16,19H,11-15H2,1-6H3,(H2,23,24,25);1H. The number of nitrogens with one attached hydrogen (secondary N) is 2. The molecule has 158 valence electrons. The number of halogens is 1. The third-order valence-corrected chi connectivity index (χ3v) is 5.14. The number of amides is 1. The summed E-state index contributed by atoms with van der Waals surface area (Å²) < 4.78 is 0. The SMILES string of the molecule is CN=C(NCc1ccc(C(C)(C)C)cc1)NC1CCN(C(=O)C(C)C)CC1.I. The van der Waals surface area contributed by atoms with Crippen LogP contribution in [0, 0.1) is 5.92 Å². The highest BCUT2D eigenvalue weighted by Gasteiger charge is 2.24. The predicted octanol–water partition coefficient (Wildman–Crippen LogP) is 3.91. The van der Waals surface area contributed by atoms with Crippen LogP contribution < -0.4 is 10.6 Å². The van der Waals surface area contributed by atoms with Crippen molar-refractivity contribution in [3.8, 4) is 0 Å². The number of carbonyl (C=O) groups excluding carboxylic acids is 1. The molecule has 1 aliphatic heterocycles. The van der Waals surface area contributed by atoms with Gasteiger partial charge in [-0.25, -0.2) is 0 Å². The lowest BCUT2D eigenvalue weighted by atomic mass is 9.87. The lowest BCUT2D eigenvalue weighted by molar-refractivity contribution is -0.135. The van der Waals surface area contributed by atoms with Crippen LogP contribution in [0.2, 0.25) is 0 Å². The highest BCUT2D eigenvalue weighted by atomic mass is 127. The van der Waals surface area contributed by atoms with Crippen LogP contribution in [0.15, 0.2) is 29.3 Å². The first kappa shape index (κ1) is 24.7. The molecule has 1 heterocycles. The minimum atomic E-state index is 0. The zero-order chi connectivity index (χ0) is 20.0. The molecule has 1 aliphatic rings. The molecule has 0 unspecified atom stereocenters. The second-order valence-electron chi connectivity index (χ2n) is 8.77. The zero-order valence-corrected chi connectivity index (χ0v) is 20.5. The van der Waals surface area contributed by atoms with Crippen LogP contribution in [0.5, 0.6) is 0 Å². The number of nitrogens with zero attached hydrogens (tertiary/aromatic N) is 2. The molecule has 1 amide bonds. The van der Waals surface area contributed by atoms with E-state index >= 15 is 0 Å². The van der Waals surface area contributed by atoms with Crippen molar-refractivity contribution < 1.29 is 4.79 Å². The van der Waals surface area contributed by atoms with E-state index in [1.54, 1.807) is 7.05 Å². The third kappa shape index (κ3) is 7.26. The summed E-state index contributed by atoms with van der Waals surface area (Å²) in [6, 6.07) is 9.12. The lowest BCUT2D eigenvalue weighted by Crippen LogP contribution is -2.50. The monoisotopic (exact) mass is 500 g/mol. The summed E-state index contributed by atoms with van der Waals surface area (Å²) in [5.41, 5.74) is 2.76. The highest BCUT2D eigenvalue weighted by molar-refractivity contribution is 14.0. The summed E-state index contributed by atoms with van der Waals surface area (Å²) in [5.74, 6) is 1.16. The van der Waals surface area contributed by atoms with Gasteiger partial charge in [0, 0.05) is 38.6 Å². The smallest absolute Gasteiger partial charge is 0.225 e. The van der Waals surface area contributed by atoms with E-state index in [4.69, 9.17) is 0 Å². The molecule has 0 aliphatic carbocycles. The van der Waals surface area contributed by atoms with Gasteiger partial charge in [0.15, 0.2) is 5.96 Å². The number of likely N-dealkylation sites (tertiary alicyclic amines) is 1. The van der Waals surface area contributed by atoms with Gasteiger partial charge in [0.2, 0.25) is 5.91 Å². The van der Waals surface area contributed by atoms with Crippen LogP contribution in [0.25, 0.3) is 0 Å². The van der Waals surface area contributed by atoms with Gasteiger partial charge >= 0.3 is 0 Å². The Bertz CT molecular complexity index is 641. The van der Waals surface area contributed by atoms with Crippen molar-refractivity contribution in [2.75, 3.05) is 20.1 Å². The molecule has 5 nitrogen and oxygen atoms in total. The number of carbonyl (C=O) groups is 1. The number of hydrogen-bond donors (Lipinski definition) is 2. The summed E-state index contributed by atoms with van der Waals surface area (Å²) in [7, 11) is 1.80. The fourth-order valence-corrected chi connectivity index (χ4v) is 3.31. The first-order valence-corrected chi connectivity index (χ1v) is 10.1. The maximum Gasteiger partial charge on any atom is 0.225 e. The minimum absolute atomic E-state index is 0. The molecule has 0 aromatic heterocycles. The van der Waals surface area contributed by atoms with E-state index in [1.165, 1.54) is 11.1 Å². The van der Waals surface area contributed by atoms with Crippen LogP contribution in [0.4, 0.5) is 0 Å². The van der Waals surface area contributed by atoms with E-state index < -0.39 is 0 Å². The van der Waals surface area contributed by atoms with Gasteiger partial charge in [0.05, 0.1) is 0 Å². The molecular weight excluding hydrogens is 463 g/mol. The van der Waals surface area contributed by atoms with Crippen molar-refractivity contribution in [2.24, 2.45) is 10.9 Å². The van der Waals surface area contributed by atoms with E-state index in [2.05, 4.69) is 60.7 Å². The number of piperidine rings is 1. The van der Waals surface area contributed by atoms with Crippen molar-refractivity contribution in [1.82, 2.24) is 15.5 Å². The molecule has 28 heavy (non-hydrogen) atoms. The van der Waals surface area contributed by atoms with Gasteiger partial charge in [-0.1, -0.05) is 58.9 Å². The Balaban J connectivity index is 0.00000392. The molecule has 1 aromatic rings. The summed E-state index contributed by atoms with van der Waals surface area (Å²) in [6.45, 7) is 13.0. The highest BCUT2D eigenvalue weighted by Crippen LogP contribution is 2.22. The van der Waals surface area contributed by atoms with Crippen LogP contribution in [0.1, 0.15) is 58.6 Å². The van der Waals surface area contributed by atoms with E-state index in [9.17, 15) is 4.79 Å². The molecule has 0 bridgehead atoms. The van der Waals surface area contributed by atoms with E-state index in [1.807, 2.05) is 18.7 Å². The van der Waals surface area contributed by atoms with Gasteiger partial charge in [0.1, 0.15) is 0 Å². The molecule has 2 rings (SSSR count). The molecule has 0 saturated carbocycles. The lowest BCUT2D eigenvalue weighted by Gasteiger charge is -2.34. The first-order valence-electron chi connectivity index (χ1n) is 10.1. The first-order chi connectivity index (χ1) is 12.7. The van der Waals surface area contributed by atoms with Gasteiger partial charge < -0.3 is 15.5 Å². The summed E-state index contributed by atoms with van der Waals surface area (Å²) in [5, 5.41) is 6.90. The fraction of sp³-hybridized carbons (Fsp3) is 0.636. The molecule has 0 radical (unpaired) electrons. The molecule has 1 fully saturated rings. The van der Waals surface area contributed by atoms with Gasteiger partial charge in [-0.15, -0.1) is 24.0 Å². The molecule has 0 atom stereocenters. The average molecular weight is 500 g/mol. The Kier molecular flexibility index (Phi) is 9.74. The Morgan fingerprint density at radius 3 is 2.21 bits per heavy atom. The van der Waals surface area contributed by atoms with Crippen LogP contribution in [-0.2, 0) is 16.8 Å². The third-order valence-electron chi connectivity index (χ3n) is 5.14. The number of aliphatic imine (C=N–C) groups is 1. The van der Waals surface area contributed by atoms with Gasteiger partial charge in [0.25, 0.3) is 0 Å². The Morgan fingerprint density at radius 2 is 1.75 bits per heavy atom. The topological polar surface area (TPSA) is 56.7 Å². The minimum Gasteiger partial charge on any atom is -0.354 e. The predicted molar refractivity (Wildman–Crippen MR) is 128 cm³/mol. The van der Waals surface area contributed by atoms with Gasteiger partial charge in [-0.05, 0) is 29.4 Å². The Labute approximate surface area is 187 Å². The molecule has 1 aromatic carbocycles. The number of guanidine groups is 1. The fourth-order valence-electron chi connectivity index (χ4n) is 3.31. The zero-order valence-electron chi connectivity index (χ0n) is 18.2. The second-order valence-corrected chi connectivity index (χ2v) is 8.77. The van der Waals surface area contributed by atoms with Crippen molar-refractivity contribution in [1.29, 1.82) is 0 Å². The van der Waals surface area contributed by atoms with Gasteiger partial charge in [-0.2, -0.15) is 0 Å². The molecular formula is C22H37IN4O. The van der Waals surface area contributed by atoms with Crippen molar-refractivity contribution in [2.45, 2.75) is 65.5 Å². The quantitative estimate of drug-likeness (QED) is 0.375. The van der Waals surface area contributed by atoms with E-state index in [0.29, 0.717) is 6.04 Å². The molecule has 2 N–H and O–H groups in total. The van der Waals surface area contributed by atoms with Crippen LogP contribution in [0.3, 0.4) is 0 Å². The average Bonchev–Trinajstić information content (AvgIpc) is 2.64. The van der Waals surface area contributed by atoms with Crippen LogP contribution in [-0.4, -0.2) is 42.9 Å². The van der Waals surface area contributed by atoms with E-state index in [0.717, 1.165) is 38.4 Å². The Hall–Kier alpha value is -1.31. The summed E-state index contributed by atoms with van der Waals surface area (Å²) in [6.07, 6.45) is 1.92. The second kappa shape index (κ2) is 11.0. The maximum atomic E-state index is 12.1. The number of hydrogen-bond acceptors (Lipinski definition) is 2. The maximum absolute atomic E-state index is 12.1. The molecule has 1 saturated heterocycles. The molecule has 6 heteroatoms. The molecule has 0 spiro atoms. The van der Waals surface area contributed by atoms with Crippen molar-refractivity contribution >= 4 is 35.8 Å². The van der Waals surface area contributed by atoms with Crippen molar-refractivity contribution in [3.63, 3.8) is 0 Å². The normalized spacial score (nSPS) is 16.0. The van der Waals surface area contributed by atoms with E-state index in [-0.39, 0.29) is 41.2 Å². The number of rotatable bonds is 4. The van der Waals surface area contributed by atoms with Crippen molar-refractivity contribution in [3.05, 3.63) is 35.4 Å². The summed E-state index contributed by atoms with van der Waals surface area (Å²) in [4.78, 5) is 18.4. The number of benzene rings is 1. The summed E-state index contributed by atoms with van der Waals surface area (Å²) >= 11 is 0.